The molecule has 0 fully saturated rings. The highest BCUT2D eigenvalue weighted by Crippen LogP contribution is 2.23. The standard InChI is InChI=1S/C22H19N3O3S/c23-12-11-16-7-9-17(10-8-16)25-22(27)19-5-1-2-6-20(19)29-15-21(26)24-14-18-4-3-13-28-18/h1-10,13H,11,14-15H2,(H,24,26)(H,25,27). The number of rotatable bonds is 8. The Labute approximate surface area is 172 Å². The van der Waals surface area contributed by atoms with Crippen molar-refractivity contribution in [2.24, 2.45) is 0 Å². The van der Waals surface area contributed by atoms with E-state index in [2.05, 4.69) is 16.7 Å². The van der Waals surface area contributed by atoms with Crippen molar-refractivity contribution in [1.82, 2.24) is 5.32 Å². The summed E-state index contributed by atoms with van der Waals surface area (Å²) in [6.07, 6.45) is 1.89. The minimum absolute atomic E-state index is 0.144. The van der Waals surface area contributed by atoms with Gasteiger partial charge in [-0.3, -0.25) is 9.59 Å². The molecule has 0 unspecified atom stereocenters. The maximum atomic E-state index is 12.7. The van der Waals surface area contributed by atoms with Crippen LogP contribution in [0.1, 0.15) is 21.7 Å². The van der Waals surface area contributed by atoms with Gasteiger partial charge in [0.25, 0.3) is 5.91 Å². The highest BCUT2D eigenvalue weighted by atomic mass is 32.2. The Morgan fingerprint density at radius 3 is 2.55 bits per heavy atom. The second kappa shape index (κ2) is 10.2. The van der Waals surface area contributed by atoms with Crippen LogP contribution in [0.2, 0.25) is 0 Å². The van der Waals surface area contributed by atoms with E-state index in [-0.39, 0.29) is 17.6 Å². The van der Waals surface area contributed by atoms with E-state index in [1.54, 1.807) is 42.7 Å². The summed E-state index contributed by atoms with van der Waals surface area (Å²) in [5, 5.41) is 14.4. The lowest BCUT2D eigenvalue weighted by atomic mass is 10.1. The summed E-state index contributed by atoms with van der Waals surface area (Å²) >= 11 is 1.30. The predicted octanol–water partition coefficient (Wildman–Crippen LogP) is 4.01. The third-order valence-corrected chi connectivity index (χ3v) is 5.10. The van der Waals surface area contributed by atoms with Crippen LogP contribution in [0.3, 0.4) is 0 Å². The van der Waals surface area contributed by atoms with Gasteiger partial charge in [-0.1, -0.05) is 24.3 Å². The summed E-state index contributed by atoms with van der Waals surface area (Å²) in [5.74, 6) is 0.476. The first-order valence-corrected chi connectivity index (χ1v) is 9.92. The molecule has 2 N–H and O–H groups in total. The van der Waals surface area contributed by atoms with Crippen LogP contribution in [-0.4, -0.2) is 17.6 Å². The van der Waals surface area contributed by atoms with Crippen molar-refractivity contribution in [1.29, 1.82) is 5.26 Å². The van der Waals surface area contributed by atoms with E-state index in [0.717, 1.165) is 10.5 Å². The molecule has 0 saturated carbocycles. The maximum absolute atomic E-state index is 12.7. The highest BCUT2D eigenvalue weighted by Gasteiger charge is 2.13. The van der Waals surface area contributed by atoms with Gasteiger partial charge >= 0.3 is 0 Å². The predicted molar refractivity (Wildman–Crippen MR) is 111 cm³/mol. The Morgan fingerprint density at radius 1 is 1.03 bits per heavy atom. The Morgan fingerprint density at radius 2 is 1.83 bits per heavy atom. The fourth-order valence-electron chi connectivity index (χ4n) is 2.57. The Bertz CT molecular complexity index is 1010. The van der Waals surface area contributed by atoms with Crippen LogP contribution >= 0.6 is 11.8 Å². The Hall–Kier alpha value is -3.50. The van der Waals surface area contributed by atoms with Crippen molar-refractivity contribution in [3.63, 3.8) is 0 Å². The number of hydrogen-bond donors (Lipinski definition) is 2. The van der Waals surface area contributed by atoms with Gasteiger partial charge in [-0.2, -0.15) is 5.26 Å². The Balaban J connectivity index is 1.58. The fourth-order valence-corrected chi connectivity index (χ4v) is 3.45. The molecule has 0 aliphatic rings. The number of anilines is 1. The summed E-state index contributed by atoms with van der Waals surface area (Å²) < 4.78 is 5.18. The van der Waals surface area contributed by atoms with Crippen LogP contribution in [-0.2, 0) is 17.8 Å². The lowest BCUT2D eigenvalue weighted by Crippen LogP contribution is -2.24. The number of nitriles is 1. The second-order valence-corrected chi connectivity index (χ2v) is 7.14. The number of nitrogens with one attached hydrogen (secondary N) is 2. The fraction of sp³-hybridized carbons (Fsp3) is 0.136. The summed E-state index contributed by atoms with van der Waals surface area (Å²) in [4.78, 5) is 25.5. The summed E-state index contributed by atoms with van der Waals surface area (Å²) in [6, 6.07) is 19.9. The van der Waals surface area contributed by atoms with Crippen LogP contribution in [0.5, 0.6) is 0 Å². The average molecular weight is 405 g/mol. The molecule has 2 aromatic carbocycles. The number of furan rings is 1. The number of benzene rings is 2. The van der Waals surface area contributed by atoms with E-state index in [1.165, 1.54) is 11.8 Å². The topological polar surface area (TPSA) is 95.1 Å². The van der Waals surface area contributed by atoms with Gasteiger partial charge in [-0.05, 0) is 42.0 Å². The van der Waals surface area contributed by atoms with Gasteiger partial charge in [-0.25, -0.2) is 0 Å². The molecule has 3 rings (SSSR count). The molecule has 7 heteroatoms. The molecule has 3 aromatic rings. The van der Waals surface area contributed by atoms with Gasteiger partial charge in [0.2, 0.25) is 5.91 Å². The summed E-state index contributed by atoms with van der Waals surface area (Å²) in [7, 11) is 0. The van der Waals surface area contributed by atoms with Crippen LogP contribution in [0.15, 0.2) is 76.2 Å². The molecule has 0 aliphatic heterocycles. The minimum atomic E-state index is -0.253. The molecule has 0 atom stereocenters. The van der Waals surface area contributed by atoms with E-state index >= 15 is 0 Å². The number of carbonyl (C=O) groups is 2. The van der Waals surface area contributed by atoms with Gasteiger partial charge < -0.3 is 15.1 Å². The number of hydrogen-bond acceptors (Lipinski definition) is 5. The van der Waals surface area contributed by atoms with E-state index in [4.69, 9.17) is 9.68 Å². The molecule has 6 nitrogen and oxygen atoms in total. The lowest BCUT2D eigenvalue weighted by molar-refractivity contribution is -0.118. The van der Waals surface area contributed by atoms with Gasteiger partial charge in [0.1, 0.15) is 5.76 Å². The molecule has 0 bridgehead atoms. The van der Waals surface area contributed by atoms with E-state index < -0.39 is 0 Å². The van der Waals surface area contributed by atoms with Gasteiger partial charge in [-0.15, -0.1) is 11.8 Å². The molecule has 2 amide bonds. The third kappa shape index (κ3) is 5.99. The second-order valence-electron chi connectivity index (χ2n) is 6.13. The minimum Gasteiger partial charge on any atom is -0.467 e. The first kappa shape index (κ1) is 20.2. The SMILES string of the molecule is N#CCc1ccc(NC(=O)c2ccccc2SCC(=O)NCc2ccco2)cc1. The van der Waals surface area contributed by atoms with Crippen molar-refractivity contribution < 1.29 is 14.0 Å². The van der Waals surface area contributed by atoms with E-state index in [1.807, 2.05) is 24.3 Å². The molecule has 0 aliphatic carbocycles. The van der Waals surface area contributed by atoms with Crippen molar-refractivity contribution in [2.75, 3.05) is 11.1 Å². The van der Waals surface area contributed by atoms with Crippen molar-refractivity contribution in [3.05, 3.63) is 83.8 Å². The largest absolute Gasteiger partial charge is 0.467 e. The quantitative estimate of drug-likeness (QED) is 0.552. The zero-order valence-electron chi connectivity index (χ0n) is 15.6. The normalized spacial score (nSPS) is 10.2. The van der Waals surface area contributed by atoms with Gasteiger partial charge in [0.15, 0.2) is 0 Å². The van der Waals surface area contributed by atoms with E-state index in [0.29, 0.717) is 30.0 Å². The average Bonchev–Trinajstić information content (AvgIpc) is 3.26. The zero-order valence-corrected chi connectivity index (χ0v) is 16.4. The number of thioether (sulfide) groups is 1. The monoisotopic (exact) mass is 405 g/mol. The third-order valence-electron chi connectivity index (χ3n) is 4.03. The maximum Gasteiger partial charge on any atom is 0.256 e. The van der Waals surface area contributed by atoms with Gasteiger partial charge in [0, 0.05) is 10.6 Å². The number of amides is 2. The van der Waals surface area contributed by atoms with Crippen LogP contribution < -0.4 is 10.6 Å². The molecule has 0 spiro atoms. The molecule has 146 valence electrons. The zero-order chi connectivity index (χ0) is 20.5. The van der Waals surface area contributed by atoms with Gasteiger partial charge in [0.05, 0.1) is 36.6 Å². The molecular weight excluding hydrogens is 386 g/mol. The number of carbonyl (C=O) groups excluding carboxylic acids is 2. The molecule has 0 saturated heterocycles. The molecule has 1 aromatic heterocycles. The summed E-state index contributed by atoms with van der Waals surface area (Å²) in [6.45, 7) is 0.330. The summed E-state index contributed by atoms with van der Waals surface area (Å²) in [5.41, 5.74) is 2.03. The van der Waals surface area contributed by atoms with Crippen molar-refractivity contribution in [2.45, 2.75) is 17.9 Å². The molecule has 0 radical (unpaired) electrons. The van der Waals surface area contributed by atoms with Crippen LogP contribution in [0, 0.1) is 11.3 Å². The van der Waals surface area contributed by atoms with Crippen LogP contribution in [0.25, 0.3) is 0 Å². The van der Waals surface area contributed by atoms with Crippen LogP contribution in [0.4, 0.5) is 5.69 Å². The first-order valence-electron chi connectivity index (χ1n) is 8.94. The van der Waals surface area contributed by atoms with Crippen molar-refractivity contribution >= 4 is 29.3 Å². The smallest absolute Gasteiger partial charge is 0.256 e. The molecular formula is C22H19N3O3S. The molecule has 1 heterocycles. The number of nitrogens with zero attached hydrogens (tertiary/aromatic N) is 1. The lowest BCUT2D eigenvalue weighted by Gasteiger charge is -2.10. The van der Waals surface area contributed by atoms with Crippen molar-refractivity contribution in [3.8, 4) is 6.07 Å². The first-order chi connectivity index (χ1) is 14.2. The Kier molecular flexibility index (Phi) is 7.09. The molecule has 29 heavy (non-hydrogen) atoms. The highest BCUT2D eigenvalue weighted by molar-refractivity contribution is 8.00. The van der Waals surface area contributed by atoms with E-state index in [9.17, 15) is 9.59 Å².